The zero-order chi connectivity index (χ0) is 19.0. The molecule has 25 heavy (non-hydrogen) atoms. The van der Waals surface area contributed by atoms with E-state index in [9.17, 15) is 9.59 Å². The molecule has 0 saturated heterocycles. The summed E-state index contributed by atoms with van der Waals surface area (Å²) in [6.45, 7) is 5.57. The Hall–Kier alpha value is -1.96. The van der Waals surface area contributed by atoms with Gasteiger partial charge < -0.3 is 27.2 Å². The molecule has 7 heteroatoms. The van der Waals surface area contributed by atoms with Crippen LogP contribution in [0.3, 0.4) is 0 Å². The molecule has 0 aliphatic carbocycles. The van der Waals surface area contributed by atoms with Gasteiger partial charge in [0.05, 0.1) is 12.6 Å². The summed E-state index contributed by atoms with van der Waals surface area (Å²) in [5, 5.41) is 14.5. The van der Waals surface area contributed by atoms with Crippen LogP contribution in [-0.4, -0.2) is 35.0 Å². The molecule has 1 aromatic carbocycles. The lowest BCUT2D eigenvalue weighted by Gasteiger charge is -2.24. The smallest absolute Gasteiger partial charge is 0.247 e. The van der Waals surface area contributed by atoms with Crippen LogP contribution in [0.15, 0.2) is 24.3 Å². The van der Waals surface area contributed by atoms with E-state index < -0.39 is 12.1 Å². The molecule has 0 heterocycles. The van der Waals surface area contributed by atoms with Crippen LogP contribution in [0.2, 0.25) is 0 Å². The minimum atomic E-state index is -0.764. The molecule has 1 rings (SSSR count). The van der Waals surface area contributed by atoms with Gasteiger partial charge in [0.1, 0.15) is 6.04 Å². The standard InChI is InChI=1S/C18H30N4O3/c1-4-11(2)16(20)18(25)22-15(9-12(3)19)17(24)21-14-7-5-13(10-23)6-8-14/h5-8,11-12,15-16,23H,4,9-10,19-20H2,1-3H3,(H,21,24)(H,22,25)/t11-,12?,15-,16-/m0/s1. The SMILES string of the molecule is CC[C@H](C)[C@H](N)C(=O)N[C@@H](CC(C)N)C(=O)Nc1ccc(CO)cc1. The second-order valence-corrected chi connectivity index (χ2v) is 6.53. The Morgan fingerprint density at radius 3 is 2.20 bits per heavy atom. The van der Waals surface area contributed by atoms with Crippen molar-refractivity contribution >= 4 is 17.5 Å². The Morgan fingerprint density at radius 1 is 1.12 bits per heavy atom. The number of carbonyl (C=O) groups excluding carboxylic acids is 2. The van der Waals surface area contributed by atoms with Gasteiger partial charge in [-0.25, -0.2) is 0 Å². The van der Waals surface area contributed by atoms with E-state index >= 15 is 0 Å². The summed E-state index contributed by atoms with van der Waals surface area (Å²) >= 11 is 0. The molecule has 0 radical (unpaired) electrons. The van der Waals surface area contributed by atoms with E-state index in [0.29, 0.717) is 12.1 Å². The third kappa shape index (κ3) is 6.81. The summed E-state index contributed by atoms with van der Waals surface area (Å²) in [5.41, 5.74) is 13.1. The molecule has 1 aromatic rings. The highest BCUT2D eigenvalue weighted by molar-refractivity contribution is 5.97. The predicted molar refractivity (Wildman–Crippen MR) is 98.6 cm³/mol. The van der Waals surface area contributed by atoms with E-state index in [-0.39, 0.29) is 30.4 Å². The third-order valence-corrected chi connectivity index (χ3v) is 4.20. The third-order valence-electron chi connectivity index (χ3n) is 4.20. The first-order valence-electron chi connectivity index (χ1n) is 8.60. The van der Waals surface area contributed by atoms with Crippen molar-refractivity contribution < 1.29 is 14.7 Å². The van der Waals surface area contributed by atoms with Crippen LogP contribution in [0, 0.1) is 5.92 Å². The van der Waals surface area contributed by atoms with Crippen LogP contribution in [0.4, 0.5) is 5.69 Å². The van der Waals surface area contributed by atoms with Crippen LogP contribution in [0.5, 0.6) is 0 Å². The number of amides is 2. The van der Waals surface area contributed by atoms with Crippen LogP contribution in [0.1, 0.15) is 39.2 Å². The quantitative estimate of drug-likeness (QED) is 0.448. The van der Waals surface area contributed by atoms with Crippen molar-refractivity contribution in [3.05, 3.63) is 29.8 Å². The molecule has 7 nitrogen and oxygen atoms in total. The summed E-state index contributed by atoms with van der Waals surface area (Å²) in [4.78, 5) is 24.8. The number of aliphatic hydroxyl groups is 1. The average Bonchev–Trinajstić information content (AvgIpc) is 2.59. The van der Waals surface area contributed by atoms with Crippen molar-refractivity contribution in [1.82, 2.24) is 5.32 Å². The topological polar surface area (TPSA) is 130 Å². The second-order valence-electron chi connectivity index (χ2n) is 6.53. The number of rotatable bonds is 9. The molecule has 0 fully saturated rings. The first-order valence-corrected chi connectivity index (χ1v) is 8.60. The van der Waals surface area contributed by atoms with E-state index in [0.717, 1.165) is 12.0 Å². The maximum Gasteiger partial charge on any atom is 0.247 e. The van der Waals surface area contributed by atoms with Crippen molar-refractivity contribution in [3.8, 4) is 0 Å². The molecule has 0 bridgehead atoms. The van der Waals surface area contributed by atoms with E-state index in [1.165, 1.54) is 0 Å². The van der Waals surface area contributed by atoms with Gasteiger partial charge in [-0.2, -0.15) is 0 Å². The Balaban J connectivity index is 2.78. The molecule has 0 aliphatic rings. The number of nitrogens with two attached hydrogens (primary N) is 2. The van der Waals surface area contributed by atoms with Crippen LogP contribution >= 0.6 is 0 Å². The molecule has 0 saturated carbocycles. The lowest BCUT2D eigenvalue weighted by molar-refractivity contribution is -0.128. The van der Waals surface area contributed by atoms with Gasteiger partial charge in [-0.3, -0.25) is 9.59 Å². The Morgan fingerprint density at radius 2 is 1.72 bits per heavy atom. The molecule has 4 atom stereocenters. The number of carbonyl (C=O) groups is 2. The molecule has 140 valence electrons. The van der Waals surface area contributed by atoms with E-state index in [4.69, 9.17) is 16.6 Å². The minimum absolute atomic E-state index is 0.0186. The summed E-state index contributed by atoms with van der Waals surface area (Å²) in [5.74, 6) is -0.686. The van der Waals surface area contributed by atoms with Crippen molar-refractivity contribution in [2.45, 2.75) is 58.3 Å². The lowest BCUT2D eigenvalue weighted by atomic mass is 9.98. The molecular weight excluding hydrogens is 320 g/mol. The highest BCUT2D eigenvalue weighted by Gasteiger charge is 2.26. The summed E-state index contributed by atoms with van der Waals surface area (Å²) in [7, 11) is 0. The van der Waals surface area contributed by atoms with Crippen LogP contribution in [0.25, 0.3) is 0 Å². The minimum Gasteiger partial charge on any atom is -0.392 e. The number of hydrogen-bond donors (Lipinski definition) is 5. The summed E-state index contributed by atoms with van der Waals surface area (Å²) in [6, 6.07) is 5.13. The molecular formula is C18H30N4O3. The normalized spacial score (nSPS) is 15.8. The van der Waals surface area contributed by atoms with Crippen LogP contribution in [-0.2, 0) is 16.2 Å². The fraction of sp³-hybridized carbons (Fsp3) is 0.556. The maximum absolute atomic E-state index is 12.5. The van der Waals surface area contributed by atoms with Crippen molar-refractivity contribution in [2.75, 3.05) is 5.32 Å². The Kier molecular flexibility index (Phi) is 8.54. The first kappa shape index (κ1) is 21.1. The number of aliphatic hydroxyl groups excluding tert-OH is 1. The van der Waals surface area contributed by atoms with Gasteiger partial charge >= 0.3 is 0 Å². The van der Waals surface area contributed by atoms with Gasteiger partial charge in [0.25, 0.3) is 0 Å². The molecule has 1 unspecified atom stereocenters. The molecule has 0 aromatic heterocycles. The monoisotopic (exact) mass is 350 g/mol. The molecule has 0 spiro atoms. The Bertz CT molecular complexity index is 560. The molecule has 7 N–H and O–H groups in total. The average molecular weight is 350 g/mol. The van der Waals surface area contributed by atoms with E-state index in [2.05, 4.69) is 10.6 Å². The number of nitrogens with one attached hydrogen (secondary N) is 2. The van der Waals surface area contributed by atoms with Crippen molar-refractivity contribution in [2.24, 2.45) is 17.4 Å². The number of benzene rings is 1. The second kappa shape index (κ2) is 10.1. The number of hydrogen-bond acceptors (Lipinski definition) is 5. The Labute approximate surface area is 149 Å². The van der Waals surface area contributed by atoms with Crippen molar-refractivity contribution in [1.29, 1.82) is 0 Å². The predicted octanol–water partition coefficient (Wildman–Crippen LogP) is 0.713. The van der Waals surface area contributed by atoms with E-state index in [1.54, 1.807) is 31.2 Å². The zero-order valence-electron chi connectivity index (χ0n) is 15.2. The molecule has 0 aliphatic heterocycles. The highest BCUT2D eigenvalue weighted by atomic mass is 16.3. The largest absolute Gasteiger partial charge is 0.392 e. The van der Waals surface area contributed by atoms with Gasteiger partial charge in [0, 0.05) is 11.7 Å². The van der Waals surface area contributed by atoms with Crippen molar-refractivity contribution in [3.63, 3.8) is 0 Å². The van der Waals surface area contributed by atoms with E-state index in [1.807, 2.05) is 13.8 Å². The maximum atomic E-state index is 12.5. The zero-order valence-corrected chi connectivity index (χ0v) is 15.2. The van der Waals surface area contributed by atoms with Gasteiger partial charge in [-0.15, -0.1) is 0 Å². The summed E-state index contributed by atoms with van der Waals surface area (Å²) < 4.78 is 0. The fourth-order valence-corrected chi connectivity index (χ4v) is 2.31. The summed E-state index contributed by atoms with van der Waals surface area (Å²) in [6.07, 6.45) is 1.08. The lowest BCUT2D eigenvalue weighted by Crippen LogP contribution is -2.53. The number of anilines is 1. The van der Waals surface area contributed by atoms with Gasteiger partial charge in [0.2, 0.25) is 11.8 Å². The fourth-order valence-electron chi connectivity index (χ4n) is 2.31. The van der Waals surface area contributed by atoms with Gasteiger partial charge in [0.15, 0.2) is 0 Å². The first-order chi connectivity index (χ1) is 11.8. The van der Waals surface area contributed by atoms with Crippen LogP contribution < -0.4 is 22.1 Å². The highest BCUT2D eigenvalue weighted by Crippen LogP contribution is 2.11. The van der Waals surface area contributed by atoms with Gasteiger partial charge in [-0.1, -0.05) is 32.4 Å². The van der Waals surface area contributed by atoms with Gasteiger partial charge in [-0.05, 0) is 37.0 Å². The molecule has 2 amide bonds.